The fourth-order valence-corrected chi connectivity index (χ4v) is 9.87. The fraction of sp³-hybridized carbons (Fsp3) is 0.558. The number of hydrogen-bond acceptors (Lipinski definition) is 20. The summed E-state index contributed by atoms with van der Waals surface area (Å²) >= 11 is 0. The minimum absolute atomic E-state index is 0.0489. The number of aliphatic hydroxyl groups is 2. The van der Waals surface area contributed by atoms with E-state index >= 15 is 0 Å². The van der Waals surface area contributed by atoms with Crippen molar-refractivity contribution >= 4 is 47.8 Å². The summed E-state index contributed by atoms with van der Waals surface area (Å²) in [5, 5.41) is 25.8. The van der Waals surface area contributed by atoms with Gasteiger partial charge in [0, 0.05) is 52.9 Å². The molecule has 63 heavy (non-hydrogen) atoms. The molecule has 3 heterocycles. The van der Waals surface area contributed by atoms with Crippen molar-refractivity contribution in [3.8, 4) is 0 Å². The molecule has 13 atom stereocenters. The third kappa shape index (κ3) is 7.56. The van der Waals surface area contributed by atoms with Gasteiger partial charge in [-0.15, -0.1) is 0 Å². The molecule has 20 nitrogen and oxygen atoms in total. The summed E-state index contributed by atoms with van der Waals surface area (Å²) in [5.74, 6) is -12.0. The van der Waals surface area contributed by atoms with E-state index in [1.165, 1.54) is 50.4 Å². The Bertz CT molecular complexity index is 2210. The molecule has 2 aromatic rings. The molecule has 2 N–H and O–H groups in total. The highest BCUT2D eigenvalue weighted by atomic mass is 16.7. The van der Waals surface area contributed by atoms with Gasteiger partial charge in [-0.1, -0.05) is 25.1 Å². The zero-order chi connectivity index (χ0) is 46.6. The molecule has 0 amide bonds. The lowest BCUT2D eigenvalue weighted by molar-refractivity contribution is -0.386. The Labute approximate surface area is 360 Å². The van der Waals surface area contributed by atoms with Crippen LogP contribution in [0.25, 0.3) is 0 Å². The molecular formula is C43H49NO19. The average molecular weight is 884 g/mol. The lowest BCUT2D eigenvalue weighted by atomic mass is 9.45. The number of pyridine rings is 1. The number of cyclic esters (lactones) is 1. The maximum atomic E-state index is 14.7. The Morgan fingerprint density at radius 3 is 1.90 bits per heavy atom. The number of rotatable bonds is 8. The Morgan fingerprint density at radius 1 is 0.762 bits per heavy atom. The van der Waals surface area contributed by atoms with Gasteiger partial charge in [0.2, 0.25) is 0 Å². The van der Waals surface area contributed by atoms with Crippen molar-refractivity contribution in [3.63, 3.8) is 0 Å². The lowest BCUT2D eigenvalue weighted by Crippen LogP contribution is -2.89. The van der Waals surface area contributed by atoms with Crippen molar-refractivity contribution in [2.75, 3.05) is 13.2 Å². The molecule has 2 saturated carbocycles. The molecule has 2 aliphatic carbocycles. The van der Waals surface area contributed by atoms with Crippen molar-refractivity contribution in [2.24, 2.45) is 11.3 Å². The zero-order valence-corrected chi connectivity index (χ0v) is 35.9. The van der Waals surface area contributed by atoms with Crippen LogP contribution in [0.5, 0.6) is 0 Å². The summed E-state index contributed by atoms with van der Waals surface area (Å²) in [5.41, 5.74) is -13.6. The molecule has 20 heteroatoms. The minimum Gasteiger partial charge on any atom is -0.465 e. The van der Waals surface area contributed by atoms with Crippen LogP contribution in [0.2, 0.25) is 0 Å². The van der Waals surface area contributed by atoms with Crippen LogP contribution >= 0.6 is 0 Å². The Hall–Kier alpha value is -5.99. The first-order valence-electron chi connectivity index (χ1n) is 19.9. The highest BCUT2D eigenvalue weighted by molar-refractivity contribution is 5.92. The Morgan fingerprint density at radius 2 is 1.33 bits per heavy atom. The summed E-state index contributed by atoms with van der Waals surface area (Å²) in [6.45, 7) is 7.70. The summed E-state index contributed by atoms with van der Waals surface area (Å²) in [6.07, 6.45) is -10.4. The summed E-state index contributed by atoms with van der Waals surface area (Å²) < 4.78 is 55.0. The Balaban J connectivity index is 1.81. The maximum absolute atomic E-state index is 14.7. The summed E-state index contributed by atoms with van der Waals surface area (Å²) in [7, 11) is 0. The number of aromatic nitrogens is 1. The van der Waals surface area contributed by atoms with Gasteiger partial charge in [-0.2, -0.15) is 0 Å². The van der Waals surface area contributed by atoms with Crippen LogP contribution in [0.4, 0.5) is 0 Å². The van der Waals surface area contributed by atoms with E-state index < -0.39 is 137 Å². The second-order valence-corrected chi connectivity index (χ2v) is 16.8. The van der Waals surface area contributed by atoms with Crippen LogP contribution in [-0.2, 0) is 71.4 Å². The normalized spacial score (nSPS) is 36.8. The maximum Gasteiger partial charge on any atom is 0.340 e. The number of benzene rings is 1. The van der Waals surface area contributed by atoms with E-state index in [0.29, 0.717) is 0 Å². The van der Waals surface area contributed by atoms with E-state index in [4.69, 9.17) is 42.6 Å². The van der Waals surface area contributed by atoms with Crippen LogP contribution in [0, 0.1) is 11.3 Å². The third-order valence-corrected chi connectivity index (χ3v) is 12.6. The van der Waals surface area contributed by atoms with E-state index in [2.05, 4.69) is 4.98 Å². The van der Waals surface area contributed by atoms with Crippen molar-refractivity contribution in [3.05, 3.63) is 65.5 Å². The van der Waals surface area contributed by atoms with Gasteiger partial charge in [-0.3, -0.25) is 29.0 Å². The van der Waals surface area contributed by atoms with Gasteiger partial charge in [0.05, 0.1) is 17.0 Å². The second kappa shape index (κ2) is 16.6. The first kappa shape index (κ1) is 46.5. The van der Waals surface area contributed by atoms with E-state index in [-0.39, 0.29) is 16.7 Å². The molecule has 6 rings (SSSR count). The molecule has 1 saturated heterocycles. The molecule has 3 fully saturated rings. The molecule has 2 aliphatic heterocycles. The number of nitrogens with zero attached hydrogens (tertiary/aromatic N) is 1. The molecule has 340 valence electrons. The molecule has 1 aromatic carbocycles. The van der Waals surface area contributed by atoms with E-state index in [1.54, 1.807) is 6.07 Å². The van der Waals surface area contributed by atoms with Gasteiger partial charge in [-0.25, -0.2) is 14.4 Å². The van der Waals surface area contributed by atoms with E-state index in [1.807, 2.05) is 0 Å². The van der Waals surface area contributed by atoms with Crippen molar-refractivity contribution in [1.82, 2.24) is 4.98 Å². The molecule has 4 aliphatic rings. The molecule has 1 spiro atoms. The van der Waals surface area contributed by atoms with Gasteiger partial charge in [0.1, 0.15) is 42.0 Å². The van der Waals surface area contributed by atoms with E-state index in [0.717, 1.165) is 54.7 Å². The smallest absolute Gasteiger partial charge is 0.340 e. The number of fused-ring (bicyclic) bond motifs is 5. The van der Waals surface area contributed by atoms with Crippen LogP contribution in [0.3, 0.4) is 0 Å². The molecule has 4 bridgehead atoms. The van der Waals surface area contributed by atoms with E-state index in [9.17, 15) is 48.6 Å². The molecular weight excluding hydrogens is 834 g/mol. The van der Waals surface area contributed by atoms with Crippen LogP contribution in [-0.4, -0.2) is 135 Å². The third-order valence-electron chi connectivity index (χ3n) is 12.6. The van der Waals surface area contributed by atoms with Gasteiger partial charge in [0.15, 0.2) is 35.6 Å². The standard InChI is InChI=1S/C43H49NO19/c1-20-27-15-16-44-17-28(27)37(51)56-18-39(7)29-30(57-22(3)46)34(59-24(5)48)42(19-55-21(2)45)35(60-25(6)49)31(61-36(50)26-13-11-10-12-14-26)33(62-38(52)40(20,8)53)41(9,54)43(42,63-39)32(29)58-23(4)47/h10-17,20,29-35,53-54H,18-19H2,1-9H3/t20?,29?,30?,31?,32?,33?,34?,35?,39?,40?,41-,42?,43?/m0/s1. The van der Waals surface area contributed by atoms with Gasteiger partial charge < -0.3 is 52.8 Å². The quantitative estimate of drug-likeness (QED) is 0.280. The molecule has 1 aromatic heterocycles. The zero-order valence-electron chi connectivity index (χ0n) is 35.9. The highest BCUT2D eigenvalue weighted by Gasteiger charge is 2.92. The minimum atomic E-state index is -2.99. The average Bonchev–Trinajstić information content (AvgIpc) is 3.42. The number of ether oxygens (including phenoxy) is 9. The molecule has 12 unspecified atom stereocenters. The van der Waals surface area contributed by atoms with Crippen molar-refractivity contribution in [1.29, 1.82) is 0 Å². The second-order valence-electron chi connectivity index (χ2n) is 16.8. The molecule has 0 radical (unpaired) electrons. The van der Waals surface area contributed by atoms with Crippen molar-refractivity contribution < 1.29 is 91.2 Å². The van der Waals surface area contributed by atoms with Crippen LogP contribution < -0.4 is 0 Å². The predicted molar refractivity (Wildman–Crippen MR) is 207 cm³/mol. The first-order valence-corrected chi connectivity index (χ1v) is 19.9. The van der Waals surface area contributed by atoms with Crippen LogP contribution in [0.15, 0.2) is 48.8 Å². The highest BCUT2D eigenvalue weighted by Crippen LogP contribution is 2.70. The van der Waals surface area contributed by atoms with Crippen LogP contribution in [0.1, 0.15) is 94.5 Å². The number of hydrogen-bond donors (Lipinski definition) is 2. The SMILES string of the molecule is CC(=O)OCC12C(OC(C)=O)C(OC(C)=O)C3C(OC(C)=O)C14OC3(C)COC(=O)c1cnccc1C(C)C(C)(O)C(=O)OC(C(OC(=O)c1ccccc1)C2OC(C)=O)[C@]4(C)O. The fourth-order valence-electron chi connectivity index (χ4n) is 9.87. The summed E-state index contributed by atoms with van der Waals surface area (Å²) in [6, 6.07) is 8.64. The predicted octanol–water partition coefficient (Wildman–Crippen LogP) is 1.44. The Kier molecular flexibility index (Phi) is 12.3. The van der Waals surface area contributed by atoms with Crippen molar-refractivity contribution in [2.45, 2.75) is 127 Å². The largest absolute Gasteiger partial charge is 0.465 e. The monoisotopic (exact) mass is 883 g/mol. The number of esters is 8. The first-order chi connectivity index (χ1) is 29.4. The van der Waals surface area contributed by atoms with Gasteiger partial charge in [-0.05, 0) is 44.5 Å². The van der Waals surface area contributed by atoms with Gasteiger partial charge in [0.25, 0.3) is 0 Å². The number of carbonyl (C=O) groups is 8. The topological polar surface area (TPSA) is 273 Å². The summed E-state index contributed by atoms with van der Waals surface area (Å²) in [4.78, 5) is 114. The van der Waals surface area contributed by atoms with Gasteiger partial charge >= 0.3 is 47.8 Å². The number of carbonyl (C=O) groups excluding carboxylic acids is 8. The lowest BCUT2D eigenvalue weighted by Gasteiger charge is -2.67.